The fourth-order valence-corrected chi connectivity index (χ4v) is 2.80. The highest BCUT2D eigenvalue weighted by Crippen LogP contribution is 2.23. The highest BCUT2D eigenvalue weighted by atomic mass is 79.9. The van der Waals surface area contributed by atoms with Crippen LogP contribution >= 0.6 is 27.3 Å². The second-order valence-electron chi connectivity index (χ2n) is 3.14. The number of nitrogens with two attached hydrogens (primary N) is 1. The van der Waals surface area contributed by atoms with E-state index in [1.54, 1.807) is 11.3 Å². The van der Waals surface area contributed by atoms with Crippen LogP contribution in [0.2, 0.25) is 0 Å². The van der Waals surface area contributed by atoms with Gasteiger partial charge in [0.25, 0.3) is 0 Å². The normalized spacial score (nSPS) is 13.1. The summed E-state index contributed by atoms with van der Waals surface area (Å²) in [7, 11) is 0. The minimum Gasteiger partial charge on any atom is -0.382 e. The van der Waals surface area contributed by atoms with Gasteiger partial charge in [0, 0.05) is 28.6 Å². The minimum atomic E-state index is 0.205. The monoisotopic (exact) mass is 277 g/mol. The van der Waals surface area contributed by atoms with Crippen molar-refractivity contribution in [2.45, 2.75) is 25.8 Å². The van der Waals surface area contributed by atoms with Crippen molar-refractivity contribution < 1.29 is 4.74 Å². The summed E-state index contributed by atoms with van der Waals surface area (Å²) in [6.45, 7) is 3.54. The number of thiophene rings is 1. The molecule has 1 aromatic heterocycles. The Bertz CT molecular complexity index is 264. The van der Waals surface area contributed by atoms with E-state index in [-0.39, 0.29) is 6.04 Å². The van der Waals surface area contributed by atoms with E-state index in [9.17, 15) is 0 Å². The van der Waals surface area contributed by atoms with Crippen LogP contribution in [-0.2, 0) is 11.2 Å². The fourth-order valence-electron chi connectivity index (χ4n) is 1.19. The van der Waals surface area contributed by atoms with Crippen LogP contribution in [0.25, 0.3) is 0 Å². The molecule has 80 valence electrons. The first-order valence-electron chi connectivity index (χ1n) is 4.79. The maximum atomic E-state index is 5.98. The predicted octanol–water partition coefficient (Wildman–Crippen LogP) is 2.81. The smallest absolute Gasteiger partial charge is 0.0480 e. The maximum absolute atomic E-state index is 5.98. The van der Waals surface area contributed by atoms with Crippen molar-refractivity contribution in [1.82, 2.24) is 0 Å². The summed E-state index contributed by atoms with van der Waals surface area (Å²) >= 11 is 5.25. The Kier molecular flexibility index (Phi) is 5.70. The number of halogens is 1. The molecule has 0 aliphatic carbocycles. The van der Waals surface area contributed by atoms with Gasteiger partial charge in [-0.05, 0) is 47.1 Å². The number of hydrogen-bond donors (Lipinski definition) is 1. The SMILES string of the molecule is CCOCCC(N)Cc1sccc1Br. The van der Waals surface area contributed by atoms with Crippen LogP contribution < -0.4 is 5.73 Å². The molecule has 0 radical (unpaired) electrons. The summed E-state index contributed by atoms with van der Waals surface area (Å²) < 4.78 is 6.44. The van der Waals surface area contributed by atoms with Crippen molar-refractivity contribution in [3.63, 3.8) is 0 Å². The van der Waals surface area contributed by atoms with E-state index in [1.807, 2.05) is 6.92 Å². The van der Waals surface area contributed by atoms with Crippen LogP contribution in [0, 0.1) is 0 Å². The Labute approximate surface area is 97.6 Å². The second kappa shape index (κ2) is 6.56. The van der Waals surface area contributed by atoms with Gasteiger partial charge < -0.3 is 10.5 Å². The van der Waals surface area contributed by atoms with E-state index >= 15 is 0 Å². The lowest BCUT2D eigenvalue weighted by Crippen LogP contribution is -2.24. The Morgan fingerprint density at radius 2 is 2.43 bits per heavy atom. The molecule has 2 nitrogen and oxygen atoms in total. The van der Waals surface area contributed by atoms with Crippen molar-refractivity contribution in [3.8, 4) is 0 Å². The molecule has 2 N–H and O–H groups in total. The molecule has 0 saturated carbocycles. The summed E-state index contributed by atoms with van der Waals surface area (Å²) in [4.78, 5) is 1.33. The molecule has 0 aliphatic rings. The first-order chi connectivity index (χ1) is 6.74. The predicted molar refractivity (Wildman–Crippen MR) is 64.8 cm³/mol. The van der Waals surface area contributed by atoms with Crippen LogP contribution in [0.15, 0.2) is 15.9 Å². The van der Waals surface area contributed by atoms with E-state index in [2.05, 4.69) is 27.4 Å². The zero-order valence-corrected chi connectivity index (χ0v) is 10.7. The third-order valence-electron chi connectivity index (χ3n) is 1.98. The van der Waals surface area contributed by atoms with Gasteiger partial charge in [0.05, 0.1) is 0 Å². The minimum absolute atomic E-state index is 0.205. The van der Waals surface area contributed by atoms with Gasteiger partial charge in [-0.1, -0.05) is 0 Å². The maximum Gasteiger partial charge on any atom is 0.0480 e. The molecule has 0 spiro atoms. The molecule has 14 heavy (non-hydrogen) atoms. The standard InChI is InChI=1S/C10H16BrNOS/c1-2-13-5-3-8(12)7-10-9(11)4-6-14-10/h4,6,8H,2-3,5,7,12H2,1H3. The van der Waals surface area contributed by atoms with Crippen LogP contribution in [-0.4, -0.2) is 19.3 Å². The van der Waals surface area contributed by atoms with Crippen LogP contribution in [0.1, 0.15) is 18.2 Å². The van der Waals surface area contributed by atoms with Gasteiger partial charge in [-0.2, -0.15) is 0 Å². The Hall–Kier alpha value is 0.100. The lowest BCUT2D eigenvalue weighted by molar-refractivity contribution is 0.140. The van der Waals surface area contributed by atoms with E-state index in [0.29, 0.717) is 0 Å². The van der Waals surface area contributed by atoms with Gasteiger partial charge in [-0.25, -0.2) is 0 Å². The molecular formula is C10H16BrNOS. The van der Waals surface area contributed by atoms with E-state index in [4.69, 9.17) is 10.5 Å². The van der Waals surface area contributed by atoms with Crippen molar-refractivity contribution in [3.05, 3.63) is 20.8 Å². The summed E-state index contributed by atoms with van der Waals surface area (Å²) in [6, 6.07) is 2.27. The van der Waals surface area contributed by atoms with Gasteiger partial charge in [-0.15, -0.1) is 11.3 Å². The molecule has 1 heterocycles. The first kappa shape index (κ1) is 12.2. The van der Waals surface area contributed by atoms with E-state index in [0.717, 1.165) is 26.1 Å². The summed E-state index contributed by atoms with van der Waals surface area (Å²) in [5, 5.41) is 2.08. The molecule has 0 saturated heterocycles. The van der Waals surface area contributed by atoms with Crippen molar-refractivity contribution in [2.24, 2.45) is 5.73 Å². The fraction of sp³-hybridized carbons (Fsp3) is 0.600. The van der Waals surface area contributed by atoms with Crippen LogP contribution in [0.5, 0.6) is 0 Å². The quantitative estimate of drug-likeness (QED) is 0.812. The highest BCUT2D eigenvalue weighted by molar-refractivity contribution is 9.10. The van der Waals surface area contributed by atoms with Crippen LogP contribution in [0.4, 0.5) is 0 Å². The van der Waals surface area contributed by atoms with E-state index in [1.165, 1.54) is 9.35 Å². The third kappa shape index (κ3) is 4.09. The number of rotatable bonds is 6. The molecule has 1 aromatic rings. The molecule has 4 heteroatoms. The number of ether oxygens (including phenoxy) is 1. The molecule has 0 aromatic carbocycles. The molecule has 0 amide bonds. The lowest BCUT2D eigenvalue weighted by Gasteiger charge is -2.10. The van der Waals surface area contributed by atoms with Crippen molar-refractivity contribution in [2.75, 3.05) is 13.2 Å². The third-order valence-corrected chi connectivity index (χ3v) is 3.92. The summed E-state index contributed by atoms with van der Waals surface area (Å²) in [5.41, 5.74) is 5.98. The van der Waals surface area contributed by atoms with E-state index < -0.39 is 0 Å². The number of hydrogen-bond acceptors (Lipinski definition) is 3. The van der Waals surface area contributed by atoms with Gasteiger partial charge in [-0.3, -0.25) is 0 Å². The van der Waals surface area contributed by atoms with Crippen LogP contribution in [0.3, 0.4) is 0 Å². The molecule has 0 fully saturated rings. The van der Waals surface area contributed by atoms with Gasteiger partial charge in [0.1, 0.15) is 0 Å². The molecule has 1 unspecified atom stereocenters. The Morgan fingerprint density at radius 3 is 3.00 bits per heavy atom. The Morgan fingerprint density at radius 1 is 1.64 bits per heavy atom. The van der Waals surface area contributed by atoms with Crippen molar-refractivity contribution >= 4 is 27.3 Å². The van der Waals surface area contributed by atoms with Gasteiger partial charge in [0.2, 0.25) is 0 Å². The highest BCUT2D eigenvalue weighted by Gasteiger charge is 2.07. The molecule has 0 aliphatic heterocycles. The topological polar surface area (TPSA) is 35.2 Å². The lowest BCUT2D eigenvalue weighted by atomic mass is 10.1. The molecule has 1 atom stereocenters. The largest absolute Gasteiger partial charge is 0.382 e. The average Bonchev–Trinajstić information content (AvgIpc) is 2.52. The van der Waals surface area contributed by atoms with Gasteiger partial charge >= 0.3 is 0 Å². The average molecular weight is 278 g/mol. The Balaban J connectivity index is 2.27. The molecular weight excluding hydrogens is 262 g/mol. The second-order valence-corrected chi connectivity index (χ2v) is 5.00. The zero-order valence-electron chi connectivity index (χ0n) is 8.33. The van der Waals surface area contributed by atoms with Gasteiger partial charge in [0.15, 0.2) is 0 Å². The van der Waals surface area contributed by atoms with Crippen molar-refractivity contribution in [1.29, 1.82) is 0 Å². The summed E-state index contributed by atoms with van der Waals surface area (Å²) in [5.74, 6) is 0. The molecule has 0 bridgehead atoms. The summed E-state index contributed by atoms with van der Waals surface area (Å²) in [6.07, 6.45) is 1.86. The molecule has 1 rings (SSSR count). The first-order valence-corrected chi connectivity index (χ1v) is 6.46. The zero-order chi connectivity index (χ0) is 10.4.